The number of halogens is 2. The van der Waals surface area contributed by atoms with Gasteiger partial charge in [0, 0.05) is 17.5 Å². The van der Waals surface area contributed by atoms with Crippen molar-refractivity contribution in [3.05, 3.63) is 63.6 Å². The van der Waals surface area contributed by atoms with E-state index < -0.39 is 0 Å². The Kier molecular flexibility index (Phi) is 6.00. The van der Waals surface area contributed by atoms with Gasteiger partial charge in [-0.3, -0.25) is 9.69 Å². The van der Waals surface area contributed by atoms with Crippen LogP contribution in [0.1, 0.15) is 24.0 Å². The first-order valence-corrected chi connectivity index (χ1v) is 9.30. The number of aryl methyl sites for hydroxylation is 1. The maximum atomic E-state index is 12.5. The van der Waals surface area contributed by atoms with Gasteiger partial charge in [0.15, 0.2) is 0 Å². The van der Waals surface area contributed by atoms with E-state index in [1.165, 1.54) is 11.1 Å². The highest BCUT2D eigenvalue weighted by Crippen LogP contribution is 2.27. The monoisotopic (exact) mass is 376 g/mol. The van der Waals surface area contributed by atoms with Crippen LogP contribution in [-0.2, 0) is 11.3 Å². The van der Waals surface area contributed by atoms with Gasteiger partial charge in [-0.2, -0.15) is 0 Å². The first-order valence-electron chi connectivity index (χ1n) is 8.55. The third kappa shape index (κ3) is 4.97. The number of hydrogen-bond acceptors (Lipinski definition) is 2. The zero-order chi connectivity index (χ0) is 17.8. The van der Waals surface area contributed by atoms with E-state index >= 15 is 0 Å². The molecule has 0 bridgehead atoms. The largest absolute Gasteiger partial charge is 0.324 e. The van der Waals surface area contributed by atoms with Crippen molar-refractivity contribution in [3.63, 3.8) is 0 Å². The number of hydrogen-bond donors (Lipinski definition) is 1. The zero-order valence-electron chi connectivity index (χ0n) is 14.3. The summed E-state index contributed by atoms with van der Waals surface area (Å²) >= 11 is 12.1. The topological polar surface area (TPSA) is 32.3 Å². The summed E-state index contributed by atoms with van der Waals surface area (Å²) in [5, 5.41) is 3.99. The molecule has 0 unspecified atom stereocenters. The van der Waals surface area contributed by atoms with Crippen LogP contribution in [-0.4, -0.2) is 23.9 Å². The molecule has 1 saturated heterocycles. The molecule has 25 heavy (non-hydrogen) atoms. The molecule has 2 aromatic rings. The lowest BCUT2D eigenvalue weighted by molar-refractivity contribution is -0.121. The van der Waals surface area contributed by atoms with Gasteiger partial charge >= 0.3 is 0 Å². The first kappa shape index (κ1) is 18.2. The van der Waals surface area contributed by atoms with Gasteiger partial charge < -0.3 is 5.32 Å². The van der Waals surface area contributed by atoms with Crippen LogP contribution in [0.25, 0.3) is 0 Å². The van der Waals surface area contributed by atoms with Gasteiger partial charge in [-0.15, -0.1) is 0 Å². The van der Waals surface area contributed by atoms with E-state index in [4.69, 9.17) is 23.2 Å². The Morgan fingerprint density at radius 3 is 2.48 bits per heavy atom. The summed E-state index contributed by atoms with van der Waals surface area (Å²) in [5.41, 5.74) is 3.18. The van der Waals surface area contributed by atoms with E-state index in [1.54, 1.807) is 18.2 Å². The van der Waals surface area contributed by atoms with Crippen molar-refractivity contribution < 1.29 is 4.79 Å². The lowest BCUT2D eigenvalue weighted by atomic mass is 9.95. The molecular formula is C20H22Cl2N2O. The number of likely N-dealkylation sites (tertiary alicyclic amines) is 1. The molecule has 2 aromatic carbocycles. The standard InChI is InChI=1S/C20H22Cl2N2O/c1-14-2-4-15(5-3-14)13-24-10-8-16(9-11-24)20(25)23-19-12-17(21)6-7-18(19)22/h2-7,12,16H,8-11,13H2,1H3,(H,23,25). The summed E-state index contributed by atoms with van der Waals surface area (Å²) < 4.78 is 0. The van der Waals surface area contributed by atoms with E-state index in [1.807, 2.05) is 0 Å². The number of anilines is 1. The molecule has 1 N–H and O–H groups in total. The van der Waals surface area contributed by atoms with E-state index in [2.05, 4.69) is 41.4 Å². The van der Waals surface area contributed by atoms with Gasteiger partial charge in [0.1, 0.15) is 0 Å². The lowest BCUT2D eigenvalue weighted by Gasteiger charge is -2.31. The second kappa shape index (κ2) is 8.22. The normalized spacial score (nSPS) is 16.0. The summed E-state index contributed by atoms with van der Waals surface area (Å²) in [6.07, 6.45) is 1.71. The van der Waals surface area contributed by atoms with E-state index in [0.717, 1.165) is 32.5 Å². The van der Waals surface area contributed by atoms with Gasteiger partial charge in [-0.25, -0.2) is 0 Å². The molecule has 0 spiro atoms. The lowest BCUT2D eigenvalue weighted by Crippen LogP contribution is -2.37. The number of nitrogens with zero attached hydrogens (tertiary/aromatic N) is 1. The molecule has 3 nitrogen and oxygen atoms in total. The van der Waals surface area contributed by atoms with Crippen LogP contribution < -0.4 is 5.32 Å². The van der Waals surface area contributed by atoms with Gasteiger partial charge in [0.25, 0.3) is 0 Å². The summed E-state index contributed by atoms with van der Waals surface area (Å²) in [4.78, 5) is 14.9. The van der Waals surface area contributed by atoms with Crippen LogP contribution in [0.4, 0.5) is 5.69 Å². The number of nitrogens with one attached hydrogen (secondary N) is 1. The van der Waals surface area contributed by atoms with Crippen molar-refractivity contribution in [2.45, 2.75) is 26.3 Å². The first-order chi connectivity index (χ1) is 12.0. The molecule has 1 heterocycles. The van der Waals surface area contributed by atoms with Crippen LogP contribution >= 0.6 is 23.2 Å². The second-order valence-electron chi connectivity index (χ2n) is 6.65. The molecule has 1 amide bonds. The SMILES string of the molecule is Cc1ccc(CN2CCC(C(=O)Nc3cc(Cl)ccc3Cl)CC2)cc1. The fourth-order valence-corrected chi connectivity index (χ4v) is 3.47. The number of piperidine rings is 1. The highest BCUT2D eigenvalue weighted by Gasteiger charge is 2.25. The molecule has 3 rings (SSSR count). The fraction of sp³-hybridized carbons (Fsp3) is 0.350. The molecule has 5 heteroatoms. The molecule has 0 radical (unpaired) electrons. The number of carbonyl (C=O) groups is 1. The molecule has 1 aliphatic rings. The van der Waals surface area contributed by atoms with E-state index in [0.29, 0.717) is 15.7 Å². The van der Waals surface area contributed by atoms with E-state index in [9.17, 15) is 4.79 Å². The Morgan fingerprint density at radius 2 is 1.80 bits per heavy atom. The Hall–Kier alpha value is -1.55. The Morgan fingerprint density at radius 1 is 1.12 bits per heavy atom. The molecular weight excluding hydrogens is 355 g/mol. The molecule has 0 aliphatic carbocycles. The van der Waals surface area contributed by atoms with Crippen LogP contribution in [0.15, 0.2) is 42.5 Å². The number of rotatable bonds is 4. The Balaban J connectivity index is 1.52. The minimum absolute atomic E-state index is 0.0179. The maximum absolute atomic E-state index is 12.5. The average Bonchev–Trinajstić information content (AvgIpc) is 2.61. The second-order valence-corrected chi connectivity index (χ2v) is 7.49. The minimum atomic E-state index is 0.0179. The van der Waals surface area contributed by atoms with Crippen LogP contribution in [0, 0.1) is 12.8 Å². The predicted octanol–water partition coefficient (Wildman–Crippen LogP) is 5.15. The Bertz CT molecular complexity index is 738. The summed E-state index contributed by atoms with van der Waals surface area (Å²) in [7, 11) is 0. The van der Waals surface area contributed by atoms with Crippen molar-refractivity contribution in [1.82, 2.24) is 4.90 Å². The predicted molar refractivity (Wildman–Crippen MR) is 104 cm³/mol. The fourth-order valence-electron chi connectivity index (χ4n) is 3.13. The third-order valence-corrected chi connectivity index (χ3v) is 5.24. The van der Waals surface area contributed by atoms with Gasteiger partial charge in [-0.05, 0) is 56.6 Å². The van der Waals surface area contributed by atoms with Crippen molar-refractivity contribution in [2.75, 3.05) is 18.4 Å². The van der Waals surface area contributed by atoms with Crippen molar-refractivity contribution in [2.24, 2.45) is 5.92 Å². The molecule has 0 atom stereocenters. The summed E-state index contributed by atoms with van der Waals surface area (Å²) in [5.74, 6) is 0.0449. The number of amides is 1. The molecule has 0 saturated carbocycles. The Labute approximate surface area is 158 Å². The smallest absolute Gasteiger partial charge is 0.227 e. The van der Waals surface area contributed by atoms with E-state index in [-0.39, 0.29) is 11.8 Å². The third-order valence-electron chi connectivity index (χ3n) is 4.67. The minimum Gasteiger partial charge on any atom is -0.324 e. The highest BCUT2D eigenvalue weighted by molar-refractivity contribution is 6.35. The van der Waals surface area contributed by atoms with Gasteiger partial charge in [0.05, 0.1) is 10.7 Å². The molecule has 132 valence electrons. The van der Waals surface area contributed by atoms with Gasteiger partial charge in [0.2, 0.25) is 5.91 Å². The van der Waals surface area contributed by atoms with Crippen molar-refractivity contribution in [1.29, 1.82) is 0 Å². The number of carbonyl (C=O) groups excluding carboxylic acids is 1. The van der Waals surface area contributed by atoms with Crippen LogP contribution in [0.5, 0.6) is 0 Å². The molecule has 0 aromatic heterocycles. The summed E-state index contributed by atoms with van der Waals surface area (Å²) in [6, 6.07) is 13.7. The van der Waals surface area contributed by atoms with Gasteiger partial charge in [-0.1, -0.05) is 53.0 Å². The van der Waals surface area contributed by atoms with Crippen LogP contribution in [0.2, 0.25) is 10.0 Å². The number of benzene rings is 2. The highest BCUT2D eigenvalue weighted by atomic mass is 35.5. The molecule has 1 aliphatic heterocycles. The van der Waals surface area contributed by atoms with Crippen molar-refractivity contribution >= 4 is 34.8 Å². The molecule has 1 fully saturated rings. The average molecular weight is 377 g/mol. The maximum Gasteiger partial charge on any atom is 0.227 e. The quantitative estimate of drug-likeness (QED) is 0.799. The van der Waals surface area contributed by atoms with Crippen molar-refractivity contribution in [3.8, 4) is 0 Å². The zero-order valence-corrected chi connectivity index (χ0v) is 15.8. The van der Waals surface area contributed by atoms with Crippen LogP contribution in [0.3, 0.4) is 0 Å². The summed E-state index contributed by atoms with van der Waals surface area (Å²) in [6.45, 7) is 4.89.